The lowest BCUT2D eigenvalue weighted by Gasteiger charge is -2.04. The van der Waals surface area contributed by atoms with Gasteiger partial charge in [-0.25, -0.2) is 5.43 Å². The van der Waals surface area contributed by atoms with Gasteiger partial charge in [0.05, 0.1) is 26.1 Å². The first kappa shape index (κ1) is 17.2. The number of H-pyrrole nitrogens is 1. The molecule has 3 rings (SSSR count). The Kier molecular flexibility index (Phi) is 5.28. The van der Waals surface area contributed by atoms with Crippen molar-refractivity contribution >= 4 is 12.1 Å². The lowest BCUT2D eigenvalue weighted by Crippen LogP contribution is -2.17. The highest BCUT2D eigenvalue weighted by molar-refractivity contribution is 5.94. The van der Waals surface area contributed by atoms with E-state index in [9.17, 15) is 4.79 Å². The minimum Gasteiger partial charge on any atom is -0.497 e. The van der Waals surface area contributed by atoms with Crippen molar-refractivity contribution in [1.29, 1.82) is 0 Å². The molecule has 7 nitrogen and oxygen atoms in total. The van der Waals surface area contributed by atoms with Crippen LogP contribution in [0.1, 0.15) is 16.1 Å². The number of hydrazone groups is 1. The van der Waals surface area contributed by atoms with Gasteiger partial charge in [-0.1, -0.05) is 12.1 Å². The third-order valence-electron chi connectivity index (χ3n) is 3.70. The standard InChI is InChI=1S/C19H18N4O3/c1-25-14-9-7-13(8-10-14)12-20-23-19(24)17-11-16(21-22-17)15-5-3-4-6-18(15)26-2/h3-12H,1-2H3,(H,21,22)(H,23,24)/b20-12-. The molecule has 0 saturated carbocycles. The van der Waals surface area contributed by atoms with Gasteiger partial charge in [-0.2, -0.15) is 10.2 Å². The van der Waals surface area contributed by atoms with Gasteiger partial charge >= 0.3 is 0 Å². The molecular formula is C19H18N4O3. The maximum absolute atomic E-state index is 12.2. The first-order chi connectivity index (χ1) is 12.7. The number of carbonyl (C=O) groups is 1. The molecule has 0 aliphatic heterocycles. The summed E-state index contributed by atoms with van der Waals surface area (Å²) in [5.41, 5.74) is 5.02. The van der Waals surface area contributed by atoms with E-state index in [1.165, 1.54) is 0 Å². The predicted octanol–water partition coefficient (Wildman–Crippen LogP) is 2.86. The van der Waals surface area contributed by atoms with E-state index in [-0.39, 0.29) is 5.91 Å². The van der Waals surface area contributed by atoms with Gasteiger partial charge in [-0.3, -0.25) is 9.89 Å². The van der Waals surface area contributed by atoms with Crippen LogP contribution in [0.25, 0.3) is 11.3 Å². The van der Waals surface area contributed by atoms with Crippen LogP contribution < -0.4 is 14.9 Å². The van der Waals surface area contributed by atoms with Crippen LogP contribution in [0.2, 0.25) is 0 Å². The normalized spacial score (nSPS) is 10.7. The number of para-hydroxylation sites is 1. The summed E-state index contributed by atoms with van der Waals surface area (Å²) in [7, 11) is 3.19. The topological polar surface area (TPSA) is 88.6 Å². The number of ether oxygens (including phenoxy) is 2. The zero-order chi connectivity index (χ0) is 18.4. The van der Waals surface area contributed by atoms with E-state index >= 15 is 0 Å². The van der Waals surface area contributed by atoms with Gasteiger partial charge in [0, 0.05) is 5.56 Å². The van der Waals surface area contributed by atoms with Crippen molar-refractivity contribution < 1.29 is 14.3 Å². The average molecular weight is 350 g/mol. The van der Waals surface area contributed by atoms with E-state index in [0.717, 1.165) is 16.9 Å². The van der Waals surface area contributed by atoms with Crippen LogP contribution in [0.5, 0.6) is 11.5 Å². The van der Waals surface area contributed by atoms with Crippen LogP contribution in [-0.2, 0) is 0 Å². The van der Waals surface area contributed by atoms with E-state index in [0.29, 0.717) is 17.1 Å². The SMILES string of the molecule is COc1ccc(/C=N\NC(=O)c2cc(-c3ccccc3OC)n[nH]2)cc1. The Morgan fingerprint density at radius 1 is 1.12 bits per heavy atom. The Bertz CT molecular complexity index is 917. The van der Waals surface area contributed by atoms with Gasteiger partial charge in [-0.05, 0) is 48.0 Å². The Balaban J connectivity index is 1.67. The Hall–Kier alpha value is -3.61. The van der Waals surface area contributed by atoms with Crippen molar-refractivity contribution in [3.05, 3.63) is 65.9 Å². The maximum Gasteiger partial charge on any atom is 0.289 e. The van der Waals surface area contributed by atoms with Crippen LogP contribution in [0.4, 0.5) is 0 Å². The molecule has 0 fully saturated rings. The van der Waals surface area contributed by atoms with Crippen molar-refractivity contribution in [1.82, 2.24) is 15.6 Å². The molecule has 0 bridgehead atoms. The fourth-order valence-corrected chi connectivity index (χ4v) is 2.35. The van der Waals surface area contributed by atoms with E-state index in [4.69, 9.17) is 9.47 Å². The first-order valence-electron chi connectivity index (χ1n) is 7.87. The van der Waals surface area contributed by atoms with Crippen molar-refractivity contribution in [2.75, 3.05) is 14.2 Å². The Morgan fingerprint density at radius 3 is 2.62 bits per heavy atom. The van der Waals surface area contributed by atoms with Crippen LogP contribution in [-0.4, -0.2) is 36.5 Å². The first-order valence-corrected chi connectivity index (χ1v) is 7.87. The van der Waals surface area contributed by atoms with Crippen molar-refractivity contribution in [2.24, 2.45) is 5.10 Å². The molecule has 0 unspecified atom stereocenters. The summed E-state index contributed by atoms with van der Waals surface area (Å²) in [6.45, 7) is 0. The van der Waals surface area contributed by atoms with E-state index in [1.54, 1.807) is 26.5 Å². The Labute approximate surface area is 150 Å². The lowest BCUT2D eigenvalue weighted by atomic mass is 10.1. The number of methoxy groups -OCH3 is 2. The molecule has 0 spiro atoms. The summed E-state index contributed by atoms with van der Waals surface area (Å²) >= 11 is 0. The molecule has 2 N–H and O–H groups in total. The van der Waals surface area contributed by atoms with Gasteiger partial charge in [0.1, 0.15) is 17.2 Å². The number of hydrogen-bond donors (Lipinski definition) is 2. The Morgan fingerprint density at radius 2 is 1.88 bits per heavy atom. The van der Waals surface area contributed by atoms with Crippen LogP contribution in [0.15, 0.2) is 59.7 Å². The summed E-state index contributed by atoms with van der Waals surface area (Å²) in [6, 6.07) is 16.4. The molecule has 0 saturated heterocycles. The predicted molar refractivity (Wildman–Crippen MR) is 98.6 cm³/mol. The molecule has 7 heteroatoms. The van der Waals surface area contributed by atoms with E-state index < -0.39 is 0 Å². The summed E-state index contributed by atoms with van der Waals surface area (Å²) in [5.74, 6) is 1.06. The monoisotopic (exact) mass is 350 g/mol. The minimum absolute atomic E-state index is 0.304. The molecule has 132 valence electrons. The zero-order valence-corrected chi connectivity index (χ0v) is 14.4. The van der Waals surface area contributed by atoms with Crippen molar-refractivity contribution in [3.63, 3.8) is 0 Å². The number of hydrogen-bond acceptors (Lipinski definition) is 5. The lowest BCUT2D eigenvalue weighted by molar-refractivity contribution is 0.0950. The van der Waals surface area contributed by atoms with Crippen LogP contribution >= 0.6 is 0 Å². The smallest absolute Gasteiger partial charge is 0.289 e. The second-order valence-electron chi connectivity index (χ2n) is 5.34. The number of carbonyl (C=O) groups excluding carboxylic acids is 1. The highest BCUT2D eigenvalue weighted by Gasteiger charge is 2.13. The number of amides is 1. The molecule has 1 heterocycles. The highest BCUT2D eigenvalue weighted by atomic mass is 16.5. The third-order valence-corrected chi connectivity index (χ3v) is 3.70. The molecule has 26 heavy (non-hydrogen) atoms. The zero-order valence-electron chi connectivity index (χ0n) is 14.4. The molecule has 2 aromatic carbocycles. The largest absolute Gasteiger partial charge is 0.497 e. The van der Waals surface area contributed by atoms with Crippen molar-refractivity contribution in [3.8, 4) is 22.8 Å². The number of aromatic nitrogens is 2. The molecule has 0 aliphatic rings. The molecular weight excluding hydrogens is 332 g/mol. The molecule has 0 radical (unpaired) electrons. The molecule has 1 aromatic heterocycles. The van der Waals surface area contributed by atoms with Gasteiger partial charge in [0.2, 0.25) is 0 Å². The minimum atomic E-state index is -0.386. The quantitative estimate of drug-likeness (QED) is 0.528. The van der Waals surface area contributed by atoms with E-state index in [2.05, 4.69) is 20.7 Å². The second-order valence-corrected chi connectivity index (χ2v) is 5.34. The second kappa shape index (κ2) is 7.98. The van der Waals surface area contributed by atoms with Gasteiger partial charge in [-0.15, -0.1) is 0 Å². The van der Waals surface area contributed by atoms with E-state index in [1.807, 2.05) is 48.5 Å². The molecule has 1 amide bonds. The molecule has 0 atom stereocenters. The third kappa shape index (κ3) is 3.89. The van der Waals surface area contributed by atoms with Gasteiger partial charge < -0.3 is 9.47 Å². The van der Waals surface area contributed by atoms with Gasteiger partial charge in [0.25, 0.3) is 5.91 Å². The summed E-state index contributed by atoms with van der Waals surface area (Å²) in [6.07, 6.45) is 1.55. The number of aromatic amines is 1. The number of benzene rings is 2. The number of nitrogens with one attached hydrogen (secondary N) is 2. The molecule has 3 aromatic rings. The van der Waals surface area contributed by atoms with Crippen LogP contribution in [0, 0.1) is 0 Å². The fraction of sp³-hybridized carbons (Fsp3) is 0.105. The average Bonchev–Trinajstić information content (AvgIpc) is 3.18. The fourth-order valence-electron chi connectivity index (χ4n) is 2.35. The number of rotatable bonds is 6. The summed E-state index contributed by atoms with van der Waals surface area (Å²) in [5, 5.41) is 10.8. The number of nitrogens with zero attached hydrogens (tertiary/aromatic N) is 2. The van der Waals surface area contributed by atoms with Gasteiger partial charge in [0.15, 0.2) is 0 Å². The summed E-state index contributed by atoms with van der Waals surface area (Å²) < 4.78 is 10.4. The van der Waals surface area contributed by atoms with Crippen molar-refractivity contribution in [2.45, 2.75) is 0 Å². The summed E-state index contributed by atoms with van der Waals surface area (Å²) in [4.78, 5) is 12.2. The maximum atomic E-state index is 12.2. The highest BCUT2D eigenvalue weighted by Crippen LogP contribution is 2.28. The molecule has 0 aliphatic carbocycles. The van der Waals surface area contributed by atoms with Crippen LogP contribution in [0.3, 0.4) is 0 Å².